The lowest BCUT2D eigenvalue weighted by atomic mass is 10.1. The minimum Gasteiger partial charge on any atom is -0.378 e. The van der Waals surface area contributed by atoms with E-state index >= 15 is 0 Å². The molecular formula is C16H22N4. The van der Waals surface area contributed by atoms with E-state index in [-0.39, 0.29) is 0 Å². The zero-order chi connectivity index (χ0) is 13.9. The normalized spacial score (nSPS) is 13.8. The smallest absolute Gasteiger partial charge is 0.146 e. The maximum atomic E-state index is 4.35. The second-order valence-electron chi connectivity index (χ2n) is 5.94. The molecule has 3 rings (SSSR count). The lowest BCUT2D eigenvalue weighted by Crippen LogP contribution is -2.13. The zero-order valence-electron chi connectivity index (χ0n) is 12.3. The van der Waals surface area contributed by atoms with Gasteiger partial charge in [-0.25, -0.2) is 9.67 Å². The molecule has 0 bridgehead atoms. The lowest BCUT2D eigenvalue weighted by Gasteiger charge is -2.11. The van der Waals surface area contributed by atoms with Crippen LogP contribution in [-0.2, 0) is 25.9 Å². The van der Waals surface area contributed by atoms with Gasteiger partial charge < -0.3 is 5.32 Å². The fourth-order valence-electron chi connectivity index (χ4n) is 2.79. The first kappa shape index (κ1) is 13.2. The van der Waals surface area contributed by atoms with Crippen LogP contribution < -0.4 is 5.32 Å². The highest BCUT2D eigenvalue weighted by Gasteiger charge is 2.11. The summed E-state index contributed by atoms with van der Waals surface area (Å²) in [6.07, 6.45) is 5.39. The largest absolute Gasteiger partial charge is 0.378 e. The molecule has 0 saturated carbocycles. The van der Waals surface area contributed by atoms with Crippen LogP contribution in [0.3, 0.4) is 0 Å². The van der Waals surface area contributed by atoms with Crippen molar-refractivity contribution in [2.24, 2.45) is 5.92 Å². The van der Waals surface area contributed by atoms with Crippen molar-refractivity contribution < 1.29 is 0 Å². The first-order valence-electron chi connectivity index (χ1n) is 7.45. The van der Waals surface area contributed by atoms with Gasteiger partial charge in [0, 0.05) is 12.2 Å². The van der Waals surface area contributed by atoms with Gasteiger partial charge in [-0.2, -0.15) is 5.10 Å². The topological polar surface area (TPSA) is 42.7 Å². The van der Waals surface area contributed by atoms with E-state index in [4.69, 9.17) is 0 Å². The number of aromatic nitrogens is 3. The van der Waals surface area contributed by atoms with Gasteiger partial charge in [-0.15, -0.1) is 0 Å². The van der Waals surface area contributed by atoms with Gasteiger partial charge in [-0.3, -0.25) is 0 Å². The summed E-state index contributed by atoms with van der Waals surface area (Å²) in [5.41, 5.74) is 4.20. The molecule has 0 unspecified atom stereocenters. The Labute approximate surface area is 120 Å². The van der Waals surface area contributed by atoms with Crippen molar-refractivity contribution >= 4 is 5.69 Å². The minimum atomic E-state index is 0.579. The predicted molar refractivity (Wildman–Crippen MR) is 80.7 cm³/mol. The second kappa shape index (κ2) is 5.65. The van der Waals surface area contributed by atoms with Crippen molar-refractivity contribution in [3.8, 4) is 0 Å². The molecule has 0 saturated heterocycles. The summed E-state index contributed by atoms with van der Waals surface area (Å²) in [6.45, 7) is 6.03. The molecule has 0 radical (unpaired) electrons. The van der Waals surface area contributed by atoms with Gasteiger partial charge in [0.15, 0.2) is 0 Å². The molecule has 0 amide bonds. The van der Waals surface area contributed by atoms with Crippen LogP contribution in [0.1, 0.15) is 37.2 Å². The van der Waals surface area contributed by atoms with Crippen LogP contribution in [0.4, 0.5) is 5.69 Å². The molecule has 0 aliphatic heterocycles. The van der Waals surface area contributed by atoms with Crippen molar-refractivity contribution in [3.05, 3.63) is 41.5 Å². The Hall–Kier alpha value is -1.84. The molecule has 1 aliphatic rings. The van der Waals surface area contributed by atoms with E-state index in [1.165, 1.54) is 36.1 Å². The number of hydrogen-bond acceptors (Lipinski definition) is 3. The Morgan fingerprint density at radius 2 is 2.10 bits per heavy atom. The molecule has 106 valence electrons. The number of aryl methyl sites for hydroxylation is 2. The first-order chi connectivity index (χ1) is 9.72. The van der Waals surface area contributed by atoms with Crippen molar-refractivity contribution in [3.63, 3.8) is 0 Å². The summed E-state index contributed by atoms with van der Waals surface area (Å²) in [7, 11) is 0. The third kappa shape index (κ3) is 2.84. The summed E-state index contributed by atoms with van der Waals surface area (Å²) >= 11 is 0. The molecule has 1 aromatic heterocycles. The summed E-state index contributed by atoms with van der Waals surface area (Å²) in [5.74, 6) is 1.58. The first-order valence-corrected chi connectivity index (χ1v) is 7.45. The van der Waals surface area contributed by atoms with Gasteiger partial charge >= 0.3 is 0 Å². The van der Waals surface area contributed by atoms with Crippen LogP contribution in [0.25, 0.3) is 0 Å². The fraction of sp³-hybridized carbons (Fsp3) is 0.500. The van der Waals surface area contributed by atoms with Crippen molar-refractivity contribution in [1.82, 2.24) is 14.8 Å². The predicted octanol–water partition coefficient (Wildman–Crippen LogP) is 3.03. The van der Waals surface area contributed by atoms with Crippen LogP contribution in [0.15, 0.2) is 24.5 Å². The zero-order valence-corrected chi connectivity index (χ0v) is 12.3. The Morgan fingerprint density at radius 1 is 1.25 bits per heavy atom. The van der Waals surface area contributed by atoms with E-state index in [9.17, 15) is 0 Å². The van der Waals surface area contributed by atoms with Crippen molar-refractivity contribution in [1.29, 1.82) is 0 Å². The molecule has 1 heterocycles. The van der Waals surface area contributed by atoms with Gasteiger partial charge in [0.2, 0.25) is 0 Å². The van der Waals surface area contributed by atoms with Crippen LogP contribution in [0.5, 0.6) is 0 Å². The number of nitrogens with one attached hydrogen (secondary N) is 1. The minimum absolute atomic E-state index is 0.579. The Kier molecular flexibility index (Phi) is 3.72. The maximum Gasteiger partial charge on any atom is 0.146 e. The summed E-state index contributed by atoms with van der Waals surface area (Å²) in [5, 5.41) is 7.76. The number of benzene rings is 1. The fourth-order valence-corrected chi connectivity index (χ4v) is 2.79. The van der Waals surface area contributed by atoms with E-state index in [0.717, 1.165) is 18.9 Å². The average Bonchev–Trinajstić information content (AvgIpc) is 3.03. The summed E-state index contributed by atoms with van der Waals surface area (Å²) < 4.78 is 1.99. The van der Waals surface area contributed by atoms with E-state index in [0.29, 0.717) is 5.92 Å². The summed E-state index contributed by atoms with van der Waals surface area (Å²) in [4.78, 5) is 4.35. The Balaban J connectivity index is 1.66. The van der Waals surface area contributed by atoms with Crippen LogP contribution in [0.2, 0.25) is 0 Å². The quantitative estimate of drug-likeness (QED) is 0.908. The third-order valence-electron chi connectivity index (χ3n) is 3.78. The highest BCUT2D eigenvalue weighted by atomic mass is 15.3. The van der Waals surface area contributed by atoms with E-state index < -0.39 is 0 Å². The van der Waals surface area contributed by atoms with E-state index in [1.807, 2.05) is 4.68 Å². The molecular weight excluding hydrogens is 248 g/mol. The van der Waals surface area contributed by atoms with E-state index in [2.05, 4.69) is 47.4 Å². The molecule has 1 N–H and O–H groups in total. The van der Waals surface area contributed by atoms with Gasteiger partial charge in [0.25, 0.3) is 0 Å². The molecule has 0 spiro atoms. The molecule has 20 heavy (non-hydrogen) atoms. The highest BCUT2D eigenvalue weighted by molar-refractivity contribution is 5.50. The number of rotatable bonds is 5. The molecule has 2 aromatic rings. The van der Waals surface area contributed by atoms with E-state index in [1.54, 1.807) is 6.33 Å². The highest BCUT2D eigenvalue weighted by Crippen LogP contribution is 2.25. The molecule has 4 nitrogen and oxygen atoms in total. The monoisotopic (exact) mass is 270 g/mol. The van der Waals surface area contributed by atoms with Crippen molar-refractivity contribution in [2.45, 2.75) is 46.2 Å². The standard InChI is InChI=1S/C16H22N4/c1-12(2)10-20-16(18-11-19-20)9-17-15-7-6-13-4-3-5-14(13)8-15/h6-8,11-12,17H,3-5,9-10H2,1-2H3. The SMILES string of the molecule is CC(C)Cn1ncnc1CNc1ccc2c(c1)CCC2. The van der Waals surface area contributed by atoms with Crippen molar-refractivity contribution in [2.75, 3.05) is 5.32 Å². The van der Waals surface area contributed by atoms with Crippen LogP contribution >= 0.6 is 0 Å². The number of nitrogens with zero attached hydrogens (tertiary/aromatic N) is 3. The molecule has 0 atom stereocenters. The molecule has 1 aromatic carbocycles. The second-order valence-corrected chi connectivity index (χ2v) is 5.94. The lowest BCUT2D eigenvalue weighted by molar-refractivity contribution is 0.468. The number of anilines is 1. The maximum absolute atomic E-state index is 4.35. The van der Waals surface area contributed by atoms with Gasteiger partial charge in [-0.05, 0) is 48.4 Å². The summed E-state index contributed by atoms with van der Waals surface area (Å²) in [6, 6.07) is 6.71. The average molecular weight is 270 g/mol. The molecule has 4 heteroatoms. The number of hydrogen-bond donors (Lipinski definition) is 1. The van der Waals surface area contributed by atoms with Crippen LogP contribution in [-0.4, -0.2) is 14.8 Å². The number of fused-ring (bicyclic) bond motifs is 1. The Morgan fingerprint density at radius 3 is 2.95 bits per heavy atom. The van der Waals surface area contributed by atoms with Gasteiger partial charge in [0.05, 0.1) is 6.54 Å². The molecule has 0 fully saturated rings. The Bertz CT molecular complexity index is 586. The van der Waals surface area contributed by atoms with Gasteiger partial charge in [0.1, 0.15) is 12.2 Å². The van der Waals surface area contributed by atoms with Crippen LogP contribution in [0, 0.1) is 5.92 Å². The van der Waals surface area contributed by atoms with Gasteiger partial charge in [-0.1, -0.05) is 19.9 Å². The third-order valence-corrected chi connectivity index (χ3v) is 3.78. The molecule has 1 aliphatic carbocycles.